The summed E-state index contributed by atoms with van der Waals surface area (Å²) < 4.78 is 5.77. The zero-order valence-corrected chi connectivity index (χ0v) is 15.0. The number of H-pyrrole nitrogens is 1. The lowest BCUT2D eigenvalue weighted by Gasteiger charge is -2.33. The summed E-state index contributed by atoms with van der Waals surface area (Å²) in [7, 11) is 0. The summed E-state index contributed by atoms with van der Waals surface area (Å²) in [6, 6.07) is 15.9. The van der Waals surface area contributed by atoms with Crippen LogP contribution in [0.1, 0.15) is 30.1 Å². The summed E-state index contributed by atoms with van der Waals surface area (Å²) in [6.45, 7) is 1.81. The molecule has 0 saturated carbocycles. The van der Waals surface area contributed by atoms with E-state index in [2.05, 4.69) is 4.98 Å². The third kappa shape index (κ3) is 2.99. The van der Waals surface area contributed by atoms with Gasteiger partial charge < -0.3 is 14.6 Å². The molecule has 2 aromatic carbocycles. The van der Waals surface area contributed by atoms with Gasteiger partial charge in [-0.25, -0.2) is 4.98 Å². The maximum Gasteiger partial charge on any atom is 0.253 e. The molecular weight excluding hydrogens is 338 g/mol. The average Bonchev–Trinajstić information content (AvgIpc) is 3.17. The minimum absolute atomic E-state index is 0.0744. The minimum atomic E-state index is 0.0744. The SMILES string of the molecule is O=C(C1=Cc2ccccc2OC1)N1CCCC(c2nc3ccccc3[nH]2)C1. The number of amides is 1. The zero-order chi connectivity index (χ0) is 18.2. The molecule has 1 N–H and O–H groups in total. The first kappa shape index (κ1) is 16.1. The maximum absolute atomic E-state index is 13.1. The topological polar surface area (TPSA) is 58.2 Å². The molecule has 0 aliphatic carbocycles. The van der Waals surface area contributed by atoms with Crippen LogP contribution in [-0.2, 0) is 4.79 Å². The predicted molar refractivity (Wildman–Crippen MR) is 105 cm³/mol. The van der Waals surface area contributed by atoms with E-state index in [0.29, 0.717) is 13.2 Å². The van der Waals surface area contributed by atoms with Gasteiger partial charge in [0.15, 0.2) is 0 Å². The molecule has 0 spiro atoms. The summed E-state index contributed by atoms with van der Waals surface area (Å²) in [5, 5.41) is 0. The first-order chi connectivity index (χ1) is 13.3. The molecule has 1 unspecified atom stereocenters. The molecule has 0 radical (unpaired) electrons. The highest BCUT2D eigenvalue weighted by Crippen LogP contribution is 2.30. The van der Waals surface area contributed by atoms with Crippen LogP contribution in [0.15, 0.2) is 54.1 Å². The number of nitrogens with one attached hydrogen (secondary N) is 1. The standard InChI is InChI=1S/C22H21N3O2/c26-22(17-12-15-6-1-4-10-20(15)27-14-17)25-11-5-7-16(13-25)21-23-18-8-2-3-9-19(18)24-21/h1-4,6,8-10,12,16H,5,7,11,13-14H2,(H,23,24). The van der Waals surface area contributed by atoms with Gasteiger partial charge in [0.25, 0.3) is 5.91 Å². The Balaban J connectivity index is 1.36. The Morgan fingerprint density at radius 2 is 2.00 bits per heavy atom. The Morgan fingerprint density at radius 3 is 2.93 bits per heavy atom. The van der Waals surface area contributed by atoms with E-state index in [9.17, 15) is 4.79 Å². The third-order valence-electron chi connectivity index (χ3n) is 5.41. The molecule has 27 heavy (non-hydrogen) atoms. The monoisotopic (exact) mass is 359 g/mol. The first-order valence-electron chi connectivity index (χ1n) is 9.44. The van der Waals surface area contributed by atoms with E-state index < -0.39 is 0 Å². The van der Waals surface area contributed by atoms with Gasteiger partial charge in [0, 0.05) is 24.6 Å². The molecule has 136 valence electrons. The number of piperidine rings is 1. The number of aromatic nitrogens is 2. The predicted octanol–water partition coefficient (Wildman–Crippen LogP) is 3.74. The Kier molecular flexibility index (Phi) is 3.93. The number of hydrogen-bond donors (Lipinski definition) is 1. The lowest BCUT2D eigenvalue weighted by atomic mass is 9.96. The number of likely N-dealkylation sites (tertiary alicyclic amines) is 1. The van der Waals surface area contributed by atoms with Crippen LogP contribution in [0.25, 0.3) is 17.1 Å². The molecular formula is C22H21N3O2. The lowest BCUT2D eigenvalue weighted by molar-refractivity contribution is -0.128. The van der Waals surface area contributed by atoms with Crippen molar-refractivity contribution in [3.8, 4) is 5.75 Å². The van der Waals surface area contributed by atoms with Gasteiger partial charge in [0.05, 0.1) is 16.6 Å². The first-order valence-corrected chi connectivity index (χ1v) is 9.44. The zero-order valence-electron chi connectivity index (χ0n) is 15.0. The fraction of sp³-hybridized carbons (Fsp3) is 0.273. The van der Waals surface area contributed by atoms with Crippen molar-refractivity contribution < 1.29 is 9.53 Å². The van der Waals surface area contributed by atoms with Crippen LogP contribution in [-0.4, -0.2) is 40.5 Å². The second-order valence-electron chi connectivity index (χ2n) is 7.23. The van der Waals surface area contributed by atoms with Gasteiger partial charge in [-0.2, -0.15) is 0 Å². The Hall–Kier alpha value is -3.08. The molecule has 3 aromatic rings. The fourth-order valence-corrected chi connectivity index (χ4v) is 3.99. The molecule has 1 atom stereocenters. The Bertz CT molecular complexity index is 1000. The van der Waals surface area contributed by atoms with Crippen molar-refractivity contribution in [2.24, 2.45) is 0 Å². The summed E-state index contributed by atoms with van der Waals surface area (Å²) in [5.74, 6) is 2.14. The van der Waals surface area contributed by atoms with Gasteiger partial charge in [-0.15, -0.1) is 0 Å². The van der Waals surface area contributed by atoms with Crippen LogP contribution in [0.2, 0.25) is 0 Å². The molecule has 2 aliphatic heterocycles. The van der Waals surface area contributed by atoms with E-state index in [1.165, 1.54) is 0 Å². The van der Waals surface area contributed by atoms with Crippen molar-refractivity contribution in [1.82, 2.24) is 14.9 Å². The number of aromatic amines is 1. The molecule has 1 amide bonds. The quantitative estimate of drug-likeness (QED) is 0.758. The number of benzene rings is 2. The van der Waals surface area contributed by atoms with E-state index in [1.54, 1.807) is 0 Å². The summed E-state index contributed by atoms with van der Waals surface area (Å²) >= 11 is 0. The smallest absolute Gasteiger partial charge is 0.253 e. The van der Waals surface area contributed by atoms with Gasteiger partial charge in [-0.1, -0.05) is 30.3 Å². The molecule has 2 aliphatic rings. The van der Waals surface area contributed by atoms with Gasteiger partial charge in [-0.05, 0) is 37.1 Å². The van der Waals surface area contributed by atoms with E-state index in [0.717, 1.165) is 53.1 Å². The van der Waals surface area contributed by atoms with Crippen molar-refractivity contribution in [2.45, 2.75) is 18.8 Å². The number of imidazole rings is 1. The molecule has 5 nitrogen and oxygen atoms in total. The van der Waals surface area contributed by atoms with Crippen molar-refractivity contribution in [3.63, 3.8) is 0 Å². The second kappa shape index (κ2) is 6.58. The van der Waals surface area contributed by atoms with Crippen molar-refractivity contribution in [2.75, 3.05) is 19.7 Å². The average molecular weight is 359 g/mol. The van der Waals surface area contributed by atoms with Gasteiger partial charge >= 0.3 is 0 Å². The second-order valence-corrected chi connectivity index (χ2v) is 7.23. The molecule has 3 heterocycles. The number of ether oxygens (including phenoxy) is 1. The maximum atomic E-state index is 13.1. The van der Waals surface area contributed by atoms with E-state index in [1.807, 2.05) is 59.5 Å². The van der Waals surface area contributed by atoms with E-state index >= 15 is 0 Å². The van der Waals surface area contributed by atoms with Gasteiger partial charge in [-0.3, -0.25) is 4.79 Å². The highest BCUT2D eigenvalue weighted by atomic mass is 16.5. The van der Waals surface area contributed by atoms with Gasteiger partial charge in [0.2, 0.25) is 0 Å². The summed E-state index contributed by atoms with van der Waals surface area (Å²) in [5.41, 5.74) is 3.73. The summed E-state index contributed by atoms with van der Waals surface area (Å²) in [4.78, 5) is 23.2. The molecule has 5 rings (SSSR count). The van der Waals surface area contributed by atoms with Crippen LogP contribution in [0.5, 0.6) is 5.75 Å². The number of carbonyl (C=O) groups is 1. The number of para-hydroxylation sites is 3. The van der Waals surface area contributed by atoms with E-state index in [4.69, 9.17) is 9.72 Å². The summed E-state index contributed by atoms with van der Waals surface area (Å²) in [6.07, 6.45) is 3.99. The third-order valence-corrected chi connectivity index (χ3v) is 5.41. The number of rotatable bonds is 2. The van der Waals surface area contributed by atoms with Crippen LogP contribution in [0.4, 0.5) is 0 Å². The number of fused-ring (bicyclic) bond motifs is 2. The molecule has 1 saturated heterocycles. The molecule has 5 heteroatoms. The Morgan fingerprint density at radius 1 is 1.15 bits per heavy atom. The van der Waals surface area contributed by atoms with Crippen molar-refractivity contribution >= 4 is 23.0 Å². The number of carbonyl (C=O) groups excluding carboxylic acids is 1. The highest BCUT2D eigenvalue weighted by molar-refractivity contribution is 5.99. The fourth-order valence-electron chi connectivity index (χ4n) is 3.99. The molecule has 1 aromatic heterocycles. The number of nitrogens with zero attached hydrogens (tertiary/aromatic N) is 2. The normalized spacial score (nSPS) is 19.3. The lowest BCUT2D eigenvalue weighted by Crippen LogP contribution is -2.41. The van der Waals surface area contributed by atoms with Crippen LogP contribution >= 0.6 is 0 Å². The molecule has 0 bridgehead atoms. The largest absolute Gasteiger partial charge is 0.488 e. The van der Waals surface area contributed by atoms with Crippen LogP contribution < -0.4 is 4.74 Å². The Labute approximate surface area is 157 Å². The number of hydrogen-bond acceptors (Lipinski definition) is 3. The molecule has 1 fully saturated rings. The minimum Gasteiger partial charge on any atom is -0.488 e. The van der Waals surface area contributed by atoms with Crippen LogP contribution in [0.3, 0.4) is 0 Å². The van der Waals surface area contributed by atoms with Crippen molar-refractivity contribution in [3.05, 3.63) is 65.5 Å². The highest BCUT2D eigenvalue weighted by Gasteiger charge is 2.29. The van der Waals surface area contributed by atoms with E-state index in [-0.39, 0.29) is 11.8 Å². The van der Waals surface area contributed by atoms with Crippen LogP contribution in [0, 0.1) is 0 Å². The van der Waals surface area contributed by atoms with Gasteiger partial charge in [0.1, 0.15) is 18.2 Å². The van der Waals surface area contributed by atoms with Crippen molar-refractivity contribution in [1.29, 1.82) is 0 Å².